The van der Waals surface area contributed by atoms with Crippen LogP contribution in [-0.4, -0.2) is 39.6 Å². The number of hydrogen-bond donors (Lipinski definition) is 3. The second-order valence-corrected chi connectivity index (χ2v) is 7.23. The highest BCUT2D eigenvalue weighted by Gasteiger charge is 2.12. The van der Waals surface area contributed by atoms with Gasteiger partial charge in [-0.3, -0.25) is 9.59 Å². The number of hydrogen-bond acceptors (Lipinski definition) is 6. The van der Waals surface area contributed by atoms with Gasteiger partial charge in [0.25, 0.3) is 11.8 Å². The third-order valence-corrected chi connectivity index (χ3v) is 5.12. The average molecular weight is 414 g/mol. The number of aromatic nitrogens is 2. The third kappa shape index (κ3) is 5.89. The molecule has 3 aromatic rings. The molecule has 2 aromatic heterocycles. The fourth-order valence-electron chi connectivity index (χ4n) is 2.53. The number of aryl methyl sites for hydroxylation is 1. The summed E-state index contributed by atoms with van der Waals surface area (Å²) in [5.74, 6) is 1.01. The van der Waals surface area contributed by atoms with Gasteiger partial charge in [0.1, 0.15) is 11.5 Å². The van der Waals surface area contributed by atoms with Crippen LogP contribution in [0.5, 0.6) is 5.75 Å². The second-order valence-electron chi connectivity index (χ2n) is 6.29. The smallest absolute Gasteiger partial charge is 0.286 e. The van der Waals surface area contributed by atoms with Crippen LogP contribution in [0.15, 0.2) is 58.4 Å². The molecule has 0 aliphatic carbocycles. The summed E-state index contributed by atoms with van der Waals surface area (Å²) in [5, 5.41) is 15.8. The standard InChI is InChI=1S/C20H22N4O4S/c1-24-11-10-23-20(24)29-13-16-6-7-17(28-16)19(27)22-9-3-8-21-18(26)14-4-2-5-15(25)12-14/h2,4-7,10-12,25H,3,8-9,13H2,1H3,(H,21,26)(H,22,27). The number of carbonyl (C=O) groups is 2. The molecular formula is C20H22N4O4S. The maximum absolute atomic E-state index is 12.2. The first-order valence-electron chi connectivity index (χ1n) is 9.07. The van der Waals surface area contributed by atoms with Crippen molar-refractivity contribution in [2.24, 2.45) is 7.05 Å². The maximum Gasteiger partial charge on any atom is 0.286 e. The number of furan rings is 1. The van der Waals surface area contributed by atoms with E-state index in [4.69, 9.17) is 4.42 Å². The molecule has 8 nitrogen and oxygen atoms in total. The lowest BCUT2D eigenvalue weighted by Gasteiger charge is -2.06. The predicted octanol–water partition coefficient (Wildman–Crippen LogP) is 2.56. The molecule has 0 unspecified atom stereocenters. The van der Waals surface area contributed by atoms with Gasteiger partial charge in [0, 0.05) is 38.1 Å². The van der Waals surface area contributed by atoms with E-state index < -0.39 is 0 Å². The van der Waals surface area contributed by atoms with Crippen LogP contribution in [0.4, 0.5) is 0 Å². The van der Waals surface area contributed by atoms with Gasteiger partial charge in [-0.1, -0.05) is 17.8 Å². The molecule has 29 heavy (non-hydrogen) atoms. The average Bonchev–Trinajstić information content (AvgIpc) is 3.34. The Kier molecular flexibility index (Phi) is 6.96. The number of imidazole rings is 1. The topological polar surface area (TPSA) is 109 Å². The summed E-state index contributed by atoms with van der Waals surface area (Å²) in [4.78, 5) is 28.3. The zero-order chi connectivity index (χ0) is 20.6. The first-order valence-corrected chi connectivity index (χ1v) is 10.1. The molecule has 0 radical (unpaired) electrons. The lowest BCUT2D eigenvalue weighted by molar-refractivity contribution is 0.0924. The minimum Gasteiger partial charge on any atom is -0.508 e. The molecule has 0 saturated heterocycles. The van der Waals surface area contributed by atoms with E-state index in [1.54, 1.807) is 30.5 Å². The molecule has 2 amide bonds. The Morgan fingerprint density at radius 2 is 1.97 bits per heavy atom. The molecule has 3 N–H and O–H groups in total. The Balaban J connectivity index is 1.36. The summed E-state index contributed by atoms with van der Waals surface area (Å²) in [7, 11) is 1.92. The molecule has 2 heterocycles. The summed E-state index contributed by atoms with van der Waals surface area (Å²) in [5.41, 5.74) is 0.389. The maximum atomic E-state index is 12.2. The number of phenolic OH excluding ortho intramolecular Hbond substituents is 1. The van der Waals surface area contributed by atoms with Crippen molar-refractivity contribution in [2.45, 2.75) is 17.3 Å². The third-order valence-electron chi connectivity index (χ3n) is 4.04. The van der Waals surface area contributed by atoms with Gasteiger partial charge in [-0.25, -0.2) is 4.98 Å². The molecule has 0 aliphatic rings. The van der Waals surface area contributed by atoms with Crippen LogP contribution >= 0.6 is 11.8 Å². The van der Waals surface area contributed by atoms with E-state index in [1.165, 1.54) is 23.9 Å². The van der Waals surface area contributed by atoms with Crippen LogP contribution in [0, 0.1) is 0 Å². The van der Waals surface area contributed by atoms with Crippen LogP contribution in [0.25, 0.3) is 0 Å². The molecule has 9 heteroatoms. The number of nitrogens with one attached hydrogen (secondary N) is 2. The van der Waals surface area contributed by atoms with Crippen molar-refractivity contribution in [2.75, 3.05) is 13.1 Å². The fraction of sp³-hybridized carbons (Fsp3) is 0.250. The Labute approximate surface area is 172 Å². The zero-order valence-electron chi connectivity index (χ0n) is 15.9. The van der Waals surface area contributed by atoms with Gasteiger partial charge >= 0.3 is 0 Å². The monoisotopic (exact) mass is 414 g/mol. The van der Waals surface area contributed by atoms with Gasteiger partial charge in [0.15, 0.2) is 10.9 Å². The first-order chi connectivity index (χ1) is 14.0. The van der Waals surface area contributed by atoms with Gasteiger partial charge in [0.05, 0.1) is 5.75 Å². The van der Waals surface area contributed by atoms with E-state index in [0.29, 0.717) is 36.6 Å². The minimum absolute atomic E-state index is 0.0426. The quantitative estimate of drug-likeness (QED) is 0.367. The van der Waals surface area contributed by atoms with Gasteiger partial charge in [-0.15, -0.1) is 0 Å². The van der Waals surface area contributed by atoms with Crippen LogP contribution in [-0.2, 0) is 12.8 Å². The van der Waals surface area contributed by atoms with Crippen LogP contribution < -0.4 is 10.6 Å². The van der Waals surface area contributed by atoms with E-state index in [9.17, 15) is 14.7 Å². The van der Waals surface area contributed by atoms with E-state index >= 15 is 0 Å². The van der Waals surface area contributed by atoms with E-state index in [2.05, 4.69) is 15.6 Å². The summed E-state index contributed by atoms with van der Waals surface area (Å²) >= 11 is 1.53. The molecule has 0 spiro atoms. The fourth-order valence-corrected chi connectivity index (χ4v) is 3.36. The molecule has 0 bridgehead atoms. The first kappa shape index (κ1) is 20.5. The number of carbonyl (C=O) groups excluding carboxylic acids is 2. The highest BCUT2D eigenvalue weighted by Crippen LogP contribution is 2.21. The lowest BCUT2D eigenvalue weighted by atomic mass is 10.2. The van der Waals surface area contributed by atoms with Crippen molar-refractivity contribution in [3.8, 4) is 5.75 Å². The van der Waals surface area contributed by atoms with Gasteiger partial charge in [-0.05, 0) is 36.8 Å². The predicted molar refractivity (Wildman–Crippen MR) is 109 cm³/mol. The van der Waals surface area contributed by atoms with Crippen molar-refractivity contribution in [1.82, 2.24) is 20.2 Å². The summed E-state index contributed by atoms with van der Waals surface area (Å²) in [6.07, 6.45) is 4.17. The van der Waals surface area contributed by atoms with E-state index in [1.807, 2.05) is 17.8 Å². The number of aromatic hydroxyl groups is 1. The van der Waals surface area contributed by atoms with E-state index in [0.717, 1.165) is 5.16 Å². The van der Waals surface area contributed by atoms with Crippen molar-refractivity contribution < 1.29 is 19.1 Å². The summed E-state index contributed by atoms with van der Waals surface area (Å²) < 4.78 is 7.50. The number of amides is 2. The van der Waals surface area contributed by atoms with Crippen LogP contribution in [0.2, 0.25) is 0 Å². The lowest BCUT2D eigenvalue weighted by Crippen LogP contribution is -2.29. The largest absolute Gasteiger partial charge is 0.508 e. The highest BCUT2D eigenvalue weighted by atomic mass is 32.2. The molecule has 3 rings (SSSR count). The number of nitrogens with zero attached hydrogens (tertiary/aromatic N) is 2. The molecule has 0 fully saturated rings. The van der Waals surface area contributed by atoms with Crippen molar-refractivity contribution >= 4 is 23.6 Å². The molecule has 1 aromatic carbocycles. The number of phenols is 1. The van der Waals surface area contributed by atoms with Gasteiger partial charge in [-0.2, -0.15) is 0 Å². The van der Waals surface area contributed by atoms with Crippen molar-refractivity contribution in [3.05, 3.63) is 65.9 Å². The van der Waals surface area contributed by atoms with Crippen LogP contribution in [0.1, 0.15) is 33.1 Å². The Morgan fingerprint density at radius 3 is 2.69 bits per heavy atom. The minimum atomic E-state index is -0.294. The van der Waals surface area contributed by atoms with Crippen LogP contribution in [0.3, 0.4) is 0 Å². The zero-order valence-corrected chi connectivity index (χ0v) is 16.7. The van der Waals surface area contributed by atoms with E-state index in [-0.39, 0.29) is 23.3 Å². The normalized spacial score (nSPS) is 10.7. The Bertz CT molecular complexity index is 982. The molecular weight excluding hydrogens is 392 g/mol. The van der Waals surface area contributed by atoms with Crippen molar-refractivity contribution in [3.63, 3.8) is 0 Å². The second kappa shape index (κ2) is 9.83. The number of thioether (sulfide) groups is 1. The Hall–Kier alpha value is -3.20. The van der Waals surface area contributed by atoms with Gasteiger partial charge in [0.2, 0.25) is 0 Å². The number of rotatable bonds is 9. The van der Waals surface area contributed by atoms with Gasteiger partial charge < -0.3 is 24.7 Å². The van der Waals surface area contributed by atoms with Crippen molar-refractivity contribution in [1.29, 1.82) is 0 Å². The summed E-state index contributed by atoms with van der Waals surface area (Å²) in [6.45, 7) is 0.801. The Morgan fingerprint density at radius 1 is 1.17 bits per heavy atom. The SMILES string of the molecule is Cn1ccnc1SCc1ccc(C(=O)NCCCNC(=O)c2cccc(O)c2)o1. The number of benzene rings is 1. The summed E-state index contributed by atoms with van der Waals surface area (Å²) in [6, 6.07) is 9.56. The molecule has 0 atom stereocenters. The highest BCUT2D eigenvalue weighted by molar-refractivity contribution is 7.98. The molecule has 152 valence electrons. The molecule has 0 aliphatic heterocycles. The molecule has 0 saturated carbocycles.